The molecule has 1 amide bonds. The quantitative estimate of drug-likeness (QED) is 0.523. The average molecular weight is 240 g/mol. The highest BCUT2D eigenvalue weighted by molar-refractivity contribution is 5.88. The molecule has 0 saturated carbocycles. The van der Waals surface area contributed by atoms with Crippen LogP contribution in [0.1, 0.15) is 13.8 Å². The van der Waals surface area contributed by atoms with E-state index in [1.54, 1.807) is 13.8 Å². The predicted octanol–water partition coefficient (Wildman–Crippen LogP) is 0.270. The normalized spacial score (nSPS) is 16.7. The minimum atomic E-state index is -0.332. The minimum absolute atomic E-state index is 0.105. The minimum Gasteiger partial charge on any atom is -0.463 e. The van der Waals surface area contributed by atoms with Crippen LogP contribution in [-0.4, -0.2) is 61.0 Å². The summed E-state index contributed by atoms with van der Waals surface area (Å²) < 4.78 is 4.87. The SMILES string of the molecule is C=C(CN1CCN(C(C)=O)CC1)C(=O)OCC. The van der Waals surface area contributed by atoms with Gasteiger partial charge in [0.2, 0.25) is 5.91 Å². The first kappa shape index (κ1) is 13.7. The summed E-state index contributed by atoms with van der Waals surface area (Å²) in [7, 11) is 0. The summed E-state index contributed by atoms with van der Waals surface area (Å²) in [5.74, 6) is -0.227. The highest BCUT2D eigenvalue weighted by Gasteiger charge is 2.20. The van der Waals surface area contributed by atoms with Crippen LogP contribution in [0.3, 0.4) is 0 Å². The van der Waals surface area contributed by atoms with E-state index >= 15 is 0 Å². The molecule has 1 heterocycles. The highest BCUT2D eigenvalue weighted by atomic mass is 16.5. The van der Waals surface area contributed by atoms with Gasteiger partial charge in [-0.25, -0.2) is 4.79 Å². The second-order valence-electron chi connectivity index (χ2n) is 4.11. The molecule has 0 aromatic rings. The van der Waals surface area contributed by atoms with Gasteiger partial charge in [-0.2, -0.15) is 0 Å². The van der Waals surface area contributed by atoms with E-state index < -0.39 is 0 Å². The Morgan fingerprint density at radius 1 is 1.24 bits per heavy atom. The van der Waals surface area contributed by atoms with Crippen molar-refractivity contribution >= 4 is 11.9 Å². The first-order valence-corrected chi connectivity index (χ1v) is 5.87. The van der Waals surface area contributed by atoms with E-state index in [4.69, 9.17) is 4.74 Å². The molecule has 17 heavy (non-hydrogen) atoms. The van der Waals surface area contributed by atoms with Crippen molar-refractivity contribution in [3.63, 3.8) is 0 Å². The Morgan fingerprint density at radius 2 is 1.82 bits per heavy atom. The number of hydrogen-bond acceptors (Lipinski definition) is 4. The molecule has 0 aromatic heterocycles. The zero-order valence-electron chi connectivity index (χ0n) is 10.6. The van der Waals surface area contributed by atoms with Crippen molar-refractivity contribution in [1.82, 2.24) is 9.80 Å². The van der Waals surface area contributed by atoms with Gasteiger partial charge in [0.25, 0.3) is 0 Å². The van der Waals surface area contributed by atoms with E-state index in [0.29, 0.717) is 31.8 Å². The Bertz CT molecular complexity index is 307. The third kappa shape index (κ3) is 4.19. The maximum Gasteiger partial charge on any atom is 0.334 e. The van der Waals surface area contributed by atoms with Crippen LogP contribution in [0, 0.1) is 0 Å². The largest absolute Gasteiger partial charge is 0.463 e. The first-order valence-electron chi connectivity index (χ1n) is 5.87. The molecule has 1 aliphatic rings. The van der Waals surface area contributed by atoms with Crippen LogP contribution in [0.4, 0.5) is 0 Å². The molecule has 0 spiro atoms. The summed E-state index contributed by atoms with van der Waals surface area (Å²) in [4.78, 5) is 26.4. The van der Waals surface area contributed by atoms with Gasteiger partial charge in [-0.15, -0.1) is 0 Å². The zero-order valence-corrected chi connectivity index (χ0v) is 10.6. The third-order valence-corrected chi connectivity index (χ3v) is 2.80. The zero-order chi connectivity index (χ0) is 12.8. The standard InChI is InChI=1S/C12H20N2O3/c1-4-17-12(16)10(2)9-13-5-7-14(8-6-13)11(3)15/h2,4-9H2,1,3H3. The smallest absolute Gasteiger partial charge is 0.334 e. The molecular formula is C12H20N2O3. The molecule has 1 saturated heterocycles. The van der Waals surface area contributed by atoms with E-state index in [0.717, 1.165) is 13.1 Å². The van der Waals surface area contributed by atoms with Crippen LogP contribution in [-0.2, 0) is 14.3 Å². The maximum atomic E-state index is 11.4. The molecular weight excluding hydrogens is 220 g/mol. The van der Waals surface area contributed by atoms with Gasteiger partial charge < -0.3 is 9.64 Å². The molecule has 0 aliphatic carbocycles. The molecule has 0 unspecified atom stereocenters. The molecule has 0 radical (unpaired) electrons. The number of nitrogens with zero attached hydrogens (tertiary/aromatic N) is 2. The van der Waals surface area contributed by atoms with Crippen molar-refractivity contribution in [3.05, 3.63) is 12.2 Å². The van der Waals surface area contributed by atoms with Crippen LogP contribution in [0.25, 0.3) is 0 Å². The summed E-state index contributed by atoms with van der Waals surface area (Å²) in [6.45, 7) is 10.9. The number of amides is 1. The van der Waals surface area contributed by atoms with E-state index in [-0.39, 0.29) is 11.9 Å². The summed E-state index contributed by atoms with van der Waals surface area (Å²) in [6, 6.07) is 0. The van der Waals surface area contributed by atoms with Gasteiger partial charge in [-0.05, 0) is 6.92 Å². The number of carbonyl (C=O) groups is 2. The third-order valence-electron chi connectivity index (χ3n) is 2.80. The Hall–Kier alpha value is -1.36. The second kappa shape index (κ2) is 6.39. The molecule has 0 N–H and O–H groups in total. The van der Waals surface area contributed by atoms with Gasteiger partial charge >= 0.3 is 5.97 Å². The van der Waals surface area contributed by atoms with Crippen LogP contribution < -0.4 is 0 Å². The van der Waals surface area contributed by atoms with Gasteiger partial charge in [0, 0.05) is 45.2 Å². The predicted molar refractivity (Wildman–Crippen MR) is 64.5 cm³/mol. The van der Waals surface area contributed by atoms with E-state index in [9.17, 15) is 9.59 Å². The van der Waals surface area contributed by atoms with Crippen molar-refractivity contribution in [2.24, 2.45) is 0 Å². The Labute approximate surface area is 102 Å². The van der Waals surface area contributed by atoms with Crippen molar-refractivity contribution in [2.75, 3.05) is 39.3 Å². The first-order chi connectivity index (χ1) is 8.04. The lowest BCUT2D eigenvalue weighted by Gasteiger charge is -2.34. The summed E-state index contributed by atoms with van der Waals surface area (Å²) in [5.41, 5.74) is 0.475. The Morgan fingerprint density at radius 3 is 2.29 bits per heavy atom. The number of ether oxygens (including phenoxy) is 1. The lowest BCUT2D eigenvalue weighted by molar-refractivity contribution is -0.139. The maximum absolute atomic E-state index is 11.4. The van der Waals surface area contributed by atoms with Crippen LogP contribution in [0.15, 0.2) is 12.2 Å². The second-order valence-corrected chi connectivity index (χ2v) is 4.11. The molecule has 5 nitrogen and oxygen atoms in total. The lowest BCUT2D eigenvalue weighted by Crippen LogP contribution is -2.48. The lowest BCUT2D eigenvalue weighted by atomic mass is 10.2. The summed E-state index contributed by atoms with van der Waals surface area (Å²) >= 11 is 0. The summed E-state index contributed by atoms with van der Waals surface area (Å²) in [5, 5.41) is 0. The van der Waals surface area contributed by atoms with E-state index in [1.165, 1.54) is 0 Å². The van der Waals surface area contributed by atoms with Gasteiger partial charge in [-0.3, -0.25) is 9.69 Å². The highest BCUT2D eigenvalue weighted by Crippen LogP contribution is 2.05. The molecule has 0 atom stereocenters. The fourth-order valence-corrected chi connectivity index (χ4v) is 1.79. The van der Waals surface area contributed by atoms with Crippen molar-refractivity contribution < 1.29 is 14.3 Å². The van der Waals surface area contributed by atoms with Crippen LogP contribution in [0.5, 0.6) is 0 Å². The van der Waals surface area contributed by atoms with E-state index in [1.807, 2.05) is 4.90 Å². The fourth-order valence-electron chi connectivity index (χ4n) is 1.79. The Balaban J connectivity index is 2.33. The molecule has 1 fully saturated rings. The van der Waals surface area contributed by atoms with Crippen LogP contribution in [0.2, 0.25) is 0 Å². The summed E-state index contributed by atoms with van der Waals surface area (Å²) in [6.07, 6.45) is 0. The molecule has 0 bridgehead atoms. The molecule has 96 valence electrons. The van der Waals surface area contributed by atoms with Gasteiger partial charge in [0.1, 0.15) is 0 Å². The van der Waals surface area contributed by atoms with Gasteiger partial charge in [0.15, 0.2) is 0 Å². The van der Waals surface area contributed by atoms with Gasteiger partial charge in [-0.1, -0.05) is 6.58 Å². The molecule has 1 rings (SSSR count). The van der Waals surface area contributed by atoms with E-state index in [2.05, 4.69) is 11.5 Å². The Kier molecular flexibility index (Phi) is 5.15. The van der Waals surface area contributed by atoms with Gasteiger partial charge in [0.05, 0.1) is 6.61 Å². The fraction of sp³-hybridized carbons (Fsp3) is 0.667. The van der Waals surface area contributed by atoms with Crippen LogP contribution >= 0.6 is 0 Å². The number of carbonyl (C=O) groups excluding carboxylic acids is 2. The molecule has 0 aromatic carbocycles. The molecule has 1 aliphatic heterocycles. The number of hydrogen-bond donors (Lipinski definition) is 0. The van der Waals surface area contributed by atoms with Crippen molar-refractivity contribution in [1.29, 1.82) is 0 Å². The topological polar surface area (TPSA) is 49.9 Å². The number of piperazine rings is 1. The monoisotopic (exact) mass is 240 g/mol. The van der Waals surface area contributed by atoms with Crippen molar-refractivity contribution in [3.8, 4) is 0 Å². The number of rotatable bonds is 4. The van der Waals surface area contributed by atoms with Crippen molar-refractivity contribution in [2.45, 2.75) is 13.8 Å². The number of esters is 1. The molecule has 5 heteroatoms. The average Bonchev–Trinajstić information content (AvgIpc) is 2.30.